The zero-order valence-corrected chi connectivity index (χ0v) is 23.8. The first-order valence-electron chi connectivity index (χ1n) is 14.5. The Hall–Kier alpha value is -3.05. The van der Waals surface area contributed by atoms with Gasteiger partial charge in [0.2, 0.25) is 5.95 Å². The molecule has 10 nitrogen and oxygen atoms in total. The molecule has 0 unspecified atom stereocenters. The Morgan fingerprint density at radius 2 is 1.62 bits per heavy atom. The Morgan fingerprint density at radius 3 is 2.35 bits per heavy atom. The Bertz CT molecular complexity index is 1320. The second-order valence-corrected chi connectivity index (χ2v) is 10.9. The molecule has 0 aliphatic carbocycles. The molecular formula is C30H40N6O4. The lowest BCUT2D eigenvalue weighted by molar-refractivity contribution is 0.0775. The fraction of sp³-hybridized carbons (Fsp3) is 0.567. The maximum Gasteiger partial charge on any atom is 0.229 e. The SMILES string of the molecule is COc1ccc(-c2ccc3c(N4CCOC[C@@H]4C)nc(N4CCOC[C@@H]4C)nc3n2)cc1CNC1CCOCC1. The van der Waals surface area contributed by atoms with Crippen molar-refractivity contribution in [2.45, 2.75) is 51.4 Å². The largest absolute Gasteiger partial charge is 0.496 e. The molecule has 1 aromatic carbocycles. The molecule has 3 aliphatic heterocycles. The lowest BCUT2D eigenvalue weighted by atomic mass is 10.0. The molecule has 3 fully saturated rings. The number of hydrogen-bond donors (Lipinski definition) is 1. The number of morpholine rings is 2. The van der Waals surface area contributed by atoms with E-state index in [0.29, 0.717) is 44.1 Å². The van der Waals surface area contributed by atoms with Crippen LogP contribution in [-0.4, -0.2) is 92.9 Å². The molecule has 0 spiro atoms. The molecule has 2 atom stereocenters. The molecule has 1 N–H and O–H groups in total. The number of methoxy groups -OCH3 is 1. The lowest BCUT2D eigenvalue weighted by Crippen LogP contribution is -2.46. The molecule has 40 heavy (non-hydrogen) atoms. The van der Waals surface area contributed by atoms with E-state index in [-0.39, 0.29) is 12.1 Å². The summed E-state index contributed by atoms with van der Waals surface area (Å²) in [6.45, 7) is 10.9. The predicted molar refractivity (Wildman–Crippen MR) is 155 cm³/mol. The van der Waals surface area contributed by atoms with E-state index in [1.54, 1.807) is 7.11 Å². The number of hydrogen-bond acceptors (Lipinski definition) is 10. The fourth-order valence-corrected chi connectivity index (χ4v) is 5.79. The third kappa shape index (κ3) is 5.72. The van der Waals surface area contributed by atoms with Crippen molar-refractivity contribution in [2.24, 2.45) is 0 Å². The van der Waals surface area contributed by atoms with Gasteiger partial charge in [-0.25, -0.2) is 4.98 Å². The minimum Gasteiger partial charge on any atom is -0.496 e. The van der Waals surface area contributed by atoms with Crippen LogP contribution in [0.15, 0.2) is 30.3 Å². The van der Waals surface area contributed by atoms with Crippen LogP contribution in [0.3, 0.4) is 0 Å². The normalized spacial score (nSPS) is 22.6. The predicted octanol–water partition coefficient (Wildman–Crippen LogP) is 3.42. The summed E-state index contributed by atoms with van der Waals surface area (Å²) in [4.78, 5) is 19.8. The lowest BCUT2D eigenvalue weighted by Gasteiger charge is -2.37. The monoisotopic (exact) mass is 548 g/mol. The average Bonchev–Trinajstić information content (AvgIpc) is 3.00. The van der Waals surface area contributed by atoms with Crippen LogP contribution in [0.2, 0.25) is 0 Å². The van der Waals surface area contributed by atoms with Gasteiger partial charge in [0.1, 0.15) is 11.6 Å². The minimum atomic E-state index is 0.191. The molecule has 214 valence electrons. The highest BCUT2D eigenvalue weighted by molar-refractivity contribution is 5.90. The first kappa shape index (κ1) is 27.1. The van der Waals surface area contributed by atoms with Crippen molar-refractivity contribution in [3.63, 3.8) is 0 Å². The van der Waals surface area contributed by atoms with Crippen LogP contribution < -0.4 is 19.9 Å². The number of rotatable bonds is 7. The van der Waals surface area contributed by atoms with E-state index >= 15 is 0 Å². The second kappa shape index (κ2) is 12.2. The van der Waals surface area contributed by atoms with Crippen molar-refractivity contribution in [3.8, 4) is 17.0 Å². The summed E-state index contributed by atoms with van der Waals surface area (Å²) < 4.78 is 22.6. The van der Waals surface area contributed by atoms with Crippen LogP contribution in [0.1, 0.15) is 32.3 Å². The number of fused-ring (bicyclic) bond motifs is 1. The molecule has 10 heteroatoms. The van der Waals surface area contributed by atoms with Crippen molar-refractivity contribution in [1.29, 1.82) is 0 Å². The van der Waals surface area contributed by atoms with Crippen molar-refractivity contribution >= 4 is 22.8 Å². The molecule has 0 amide bonds. The van der Waals surface area contributed by atoms with E-state index in [4.69, 9.17) is 33.9 Å². The number of aromatic nitrogens is 3. The topological polar surface area (TPSA) is 94.1 Å². The number of anilines is 2. The van der Waals surface area contributed by atoms with Gasteiger partial charge in [-0.15, -0.1) is 0 Å². The van der Waals surface area contributed by atoms with E-state index in [2.05, 4.69) is 53.2 Å². The maximum absolute atomic E-state index is 5.73. The van der Waals surface area contributed by atoms with Crippen molar-refractivity contribution in [1.82, 2.24) is 20.3 Å². The molecule has 3 aromatic rings. The average molecular weight is 549 g/mol. The van der Waals surface area contributed by atoms with Crippen LogP contribution in [0.25, 0.3) is 22.3 Å². The van der Waals surface area contributed by atoms with Gasteiger partial charge in [-0.2, -0.15) is 9.97 Å². The molecular weight excluding hydrogens is 508 g/mol. The van der Waals surface area contributed by atoms with Crippen LogP contribution in [0.4, 0.5) is 11.8 Å². The van der Waals surface area contributed by atoms with E-state index in [1.807, 2.05) is 6.07 Å². The molecule has 5 heterocycles. The van der Waals surface area contributed by atoms with Gasteiger partial charge in [-0.1, -0.05) is 0 Å². The van der Waals surface area contributed by atoms with Gasteiger partial charge >= 0.3 is 0 Å². The van der Waals surface area contributed by atoms with Crippen LogP contribution in [-0.2, 0) is 20.8 Å². The zero-order valence-electron chi connectivity index (χ0n) is 23.8. The van der Waals surface area contributed by atoms with Gasteiger partial charge in [0, 0.05) is 50.0 Å². The van der Waals surface area contributed by atoms with Crippen LogP contribution >= 0.6 is 0 Å². The summed E-state index contributed by atoms with van der Waals surface area (Å²) in [5, 5.41) is 4.64. The summed E-state index contributed by atoms with van der Waals surface area (Å²) in [5.74, 6) is 2.50. The standard InChI is InChI=1S/C30H40N6O4/c1-20-18-39-14-10-35(20)29-25-5-6-26(32-28(25)33-30(34-29)36-11-15-40-19-21(36)2)22-4-7-27(37-3)23(16-22)17-31-24-8-12-38-13-9-24/h4-7,16,20-21,24,31H,8-15,17-19H2,1-3H3/t20-,21-/m0/s1. The number of nitrogens with zero attached hydrogens (tertiary/aromatic N) is 5. The quantitative estimate of drug-likeness (QED) is 0.473. The Kier molecular flexibility index (Phi) is 8.29. The summed E-state index contributed by atoms with van der Waals surface area (Å²) >= 11 is 0. The zero-order chi connectivity index (χ0) is 27.5. The second-order valence-electron chi connectivity index (χ2n) is 10.9. The molecule has 3 saturated heterocycles. The van der Waals surface area contributed by atoms with Gasteiger partial charge in [0.15, 0.2) is 5.65 Å². The maximum atomic E-state index is 5.73. The summed E-state index contributed by atoms with van der Waals surface area (Å²) in [7, 11) is 1.72. The molecule has 0 bridgehead atoms. The van der Waals surface area contributed by atoms with E-state index < -0.39 is 0 Å². The smallest absolute Gasteiger partial charge is 0.229 e. The molecule has 3 aliphatic rings. The Balaban J connectivity index is 1.37. The van der Waals surface area contributed by atoms with E-state index in [9.17, 15) is 0 Å². The van der Waals surface area contributed by atoms with Gasteiger partial charge in [-0.3, -0.25) is 0 Å². The first-order chi connectivity index (χ1) is 19.6. The van der Waals surface area contributed by atoms with Crippen molar-refractivity contribution < 1.29 is 18.9 Å². The van der Waals surface area contributed by atoms with Gasteiger partial charge in [0.05, 0.1) is 56.7 Å². The van der Waals surface area contributed by atoms with Gasteiger partial charge in [-0.05, 0) is 57.0 Å². The third-order valence-corrected chi connectivity index (χ3v) is 8.17. The Morgan fingerprint density at radius 1 is 0.875 bits per heavy atom. The molecule has 0 radical (unpaired) electrons. The molecule has 2 aromatic heterocycles. The molecule has 6 rings (SSSR count). The number of benzene rings is 1. The number of ether oxygens (including phenoxy) is 4. The number of nitrogens with one attached hydrogen (secondary N) is 1. The summed E-state index contributed by atoms with van der Waals surface area (Å²) in [6, 6.07) is 11.3. The highest BCUT2D eigenvalue weighted by atomic mass is 16.5. The van der Waals surface area contributed by atoms with Crippen molar-refractivity contribution in [2.75, 3.05) is 69.6 Å². The van der Waals surface area contributed by atoms with Crippen molar-refractivity contribution in [3.05, 3.63) is 35.9 Å². The summed E-state index contributed by atoms with van der Waals surface area (Å²) in [6.07, 6.45) is 2.06. The highest BCUT2D eigenvalue weighted by Crippen LogP contribution is 2.32. The highest BCUT2D eigenvalue weighted by Gasteiger charge is 2.27. The van der Waals surface area contributed by atoms with Gasteiger partial charge < -0.3 is 34.1 Å². The minimum absolute atomic E-state index is 0.191. The number of pyridine rings is 1. The van der Waals surface area contributed by atoms with E-state index in [1.165, 1.54) is 0 Å². The van der Waals surface area contributed by atoms with Gasteiger partial charge in [0.25, 0.3) is 0 Å². The first-order valence-corrected chi connectivity index (χ1v) is 14.5. The van der Waals surface area contributed by atoms with Crippen LogP contribution in [0, 0.1) is 0 Å². The fourth-order valence-electron chi connectivity index (χ4n) is 5.79. The van der Waals surface area contributed by atoms with E-state index in [0.717, 1.165) is 79.5 Å². The third-order valence-electron chi connectivity index (χ3n) is 8.17. The van der Waals surface area contributed by atoms with Crippen LogP contribution in [0.5, 0.6) is 5.75 Å². The Labute approximate surface area is 236 Å². The molecule has 0 saturated carbocycles. The summed E-state index contributed by atoms with van der Waals surface area (Å²) in [5.41, 5.74) is 3.73.